The first-order valence-corrected chi connectivity index (χ1v) is 9.06. The van der Waals surface area contributed by atoms with Crippen molar-refractivity contribution in [3.63, 3.8) is 0 Å². The number of fused-ring (bicyclic) bond motifs is 1. The molecular weight excluding hydrogens is 346 g/mol. The molecule has 0 fully saturated rings. The van der Waals surface area contributed by atoms with Crippen molar-refractivity contribution in [2.24, 2.45) is 0 Å². The highest BCUT2D eigenvalue weighted by molar-refractivity contribution is 7.14. The Morgan fingerprint density at radius 1 is 1.29 bits per heavy atom. The van der Waals surface area contributed by atoms with Crippen LogP contribution in [0.1, 0.15) is 45.1 Å². The molecule has 3 rings (SSSR count). The van der Waals surface area contributed by atoms with E-state index in [1.165, 1.54) is 21.8 Å². The summed E-state index contributed by atoms with van der Waals surface area (Å²) in [5.41, 5.74) is 2.18. The molecule has 1 aromatic heterocycles. The minimum absolute atomic E-state index is 0.181. The highest BCUT2D eigenvalue weighted by atomic mass is 35.5. The van der Waals surface area contributed by atoms with Gasteiger partial charge in [-0.25, -0.2) is 4.79 Å². The van der Waals surface area contributed by atoms with Gasteiger partial charge in [0.25, 0.3) is 5.91 Å². The monoisotopic (exact) mass is 363 g/mol. The number of nitrogens with one attached hydrogen (secondary N) is 1. The first-order chi connectivity index (χ1) is 11.5. The van der Waals surface area contributed by atoms with Crippen LogP contribution in [0.5, 0.6) is 0 Å². The Bertz CT molecular complexity index is 733. The first kappa shape index (κ1) is 17.0. The largest absolute Gasteiger partial charge is 0.451 e. The lowest BCUT2D eigenvalue weighted by Gasteiger charge is -2.14. The average molecular weight is 364 g/mol. The van der Waals surface area contributed by atoms with Crippen molar-refractivity contribution in [3.8, 4) is 0 Å². The van der Waals surface area contributed by atoms with Gasteiger partial charge in [-0.05, 0) is 55.5 Å². The van der Waals surface area contributed by atoms with Crippen molar-refractivity contribution in [2.45, 2.75) is 32.2 Å². The van der Waals surface area contributed by atoms with Gasteiger partial charge in [0.1, 0.15) is 4.88 Å². The van der Waals surface area contributed by atoms with Gasteiger partial charge in [0.15, 0.2) is 6.61 Å². The molecule has 1 heterocycles. The fraction of sp³-hybridized carbons (Fsp3) is 0.333. The average Bonchev–Trinajstić information content (AvgIpc) is 3.14. The van der Waals surface area contributed by atoms with E-state index in [0.717, 1.165) is 24.8 Å². The minimum atomic E-state index is -0.427. The molecule has 1 aromatic carbocycles. The Balaban J connectivity index is 1.49. The number of carbonyl (C=O) groups is 2. The summed E-state index contributed by atoms with van der Waals surface area (Å²) in [5.74, 6) is -0.751. The molecular formula is C18H18ClNO3S. The van der Waals surface area contributed by atoms with Gasteiger partial charge in [-0.2, -0.15) is 0 Å². The number of ether oxygens (including phenoxy) is 1. The van der Waals surface area contributed by atoms with Crippen LogP contribution in [0.25, 0.3) is 0 Å². The standard InChI is InChI=1S/C18H18ClNO3S/c1-11(12-5-7-14(19)8-6-12)20-17(21)10-23-18(22)16-9-13-3-2-4-15(13)24-16/h5-9,11H,2-4,10H2,1H3,(H,20,21)/t11-/m1/s1. The second-order valence-corrected chi connectivity index (χ2v) is 7.40. The van der Waals surface area contributed by atoms with Gasteiger partial charge in [-0.15, -0.1) is 11.3 Å². The Morgan fingerprint density at radius 2 is 2.04 bits per heavy atom. The summed E-state index contributed by atoms with van der Waals surface area (Å²) in [7, 11) is 0. The number of carbonyl (C=O) groups excluding carboxylic acids is 2. The lowest BCUT2D eigenvalue weighted by molar-refractivity contribution is -0.124. The van der Waals surface area contributed by atoms with E-state index in [2.05, 4.69) is 5.32 Å². The van der Waals surface area contributed by atoms with Crippen LogP contribution in [0.4, 0.5) is 0 Å². The molecule has 1 aliphatic rings. The van der Waals surface area contributed by atoms with E-state index in [1.54, 1.807) is 12.1 Å². The van der Waals surface area contributed by atoms with Gasteiger partial charge in [0.05, 0.1) is 6.04 Å². The first-order valence-electron chi connectivity index (χ1n) is 7.86. The number of amides is 1. The number of hydrogen-bond donors (Lipinski definition) is 1. The molecule has 1 aliphatic carbocycles. The zero-order valence-corrected chi connectivity index (χ0v) is 14.9. The lowest BCUT2D eigenvalue weighted by atomic mass is 10.1. The van der Waals surface area contributed by atoms with Gasteiger partial charge < -0.3 is 10.1 Å². The molecule has 24 heavy (non-hydrogen) atoms. The highest BCUT2D eigenvalue weighted by Gasteiger charge is 2.20. The molecule has 126 valence electrons. The molecule has 0 bridgehead atoms. The number of aryl methyl sites for hydroxylation is 2. The normalized spacial score (nSPS) is 14.1. The number of rotatable bonds is 5. The summed E-state index contributed by atoms with van der Waals surface area (Å²) in [6.45, 7) is 1.59. The second kappa shape index (κ2) is 7.36. The van der Waals surface area contributed by atoms with E-state index in [1.807, 2.05) is 25.1 Å². The molecule has 1 amide bonds. The maximum Gasteiger partial charge on any atom is 0.348 e. The summed E-state index contributed by atoms with van der Waals surface area (Å²) >= 11 is 7.32. The van der Waals surface area contributed by atoms with Crippen molar-refractivity contribution < 1.29 is 14.3 Å². The summed E-state index contributed by atoms with van der Waals surface area (Å²) in [5, 5.41) is 3.45. The van der Waals surface area contributed by atoms with Gasteiger partial charge in [-0.1, -0.05) is 23.7 Å². The Morgan fingerprint density at radius 3 is 2.75 bits per heavy atom. The number of thiophene rings is 1. The van der Waals surface area contributed by atoms with Crippen LogP contribution in [0.15, 0.2) is 30.3 Å². The topological polar surface area (TPSA) is 55.4 Å². The molecule has 2 aromatic rings. The number of halogens is 1. The van der Waals surface area contributed by atoms with Gasteiger partial charge in [-0.3, -0.25) is 4.79 Å². The maximum atomic E-state index is 12.0. The zero-order valence-electron chi connectivity index (χ0n) is 13.3. The van der Waals surface area contributed by atoms with Crippen LogP contribution in [-0.4, -0.2) is 18.5 Å². The quantitative estimate of drug-likeness (QED) is 0.819. The van der Waals surface area contributed by atoms with Crippen LogP contribution >= 0.6 is 22.9 Å². The van der Waals surface area contributed by atoms with Crippen LogP contribution in [0, 0.1) is 0 Å². The fourth-order valence-corrected chi connectivity index (χ4v) is 4.02. The van der Waals surface area contributed by atoms with Crippen molar-refractivity contribution in [2.75, 3.05) is 6.61 Å². The molecule has 0 unspecified atom stereocenters. The number of esters is 1. The maximum absolute atomic E-state index is 12.0. The molecule has 1 N–H and O–H groups in total. The van der Waals surface area contributed by atoms with Crippen molar-refractivity contribution in [3.05, 3.63) is 56.2 Å². The Hall–Kier alpha value is -1.85. The molecule has 0 saturated heterocycles. The van der Waals surface area contributed by atoms with E-state index in [4.69, 9.17) is 16.3 Å². The van der Waals surface area contributed by atoms with E-state index < -0.39 is 5.97 Å². The van der Waals surface area contributed by atoms with E-state index in [-0.39, 0.29) is 18.6 Å². The van der Waals surface area contributed by atoms with Crippen molar-refractivity contribution in [1.29, 1.82) is 0 Å². The molecule has 1 atom stereocenters. The summed E-state index contributed by atoms with van der Waals surface area (Å²) in [6.07, 6.45) is 3.21. The predicted molar refractivity (Wildman–Crippen MR) is 94.6 cm³/mol. The smallest absolute Gasteiger partial charge is 0.348 e. The highest BCUT2D eigenvalue weighted by Crippen LogP contribution is 2.30. The fourth-order valence-electron chi connectivity index (χ4n) is 2.75. The van der Waals surface area contributed by atoms with E-state index in [0.29, 0.717) is 9.90 Å². The molecule has 0 aliphatic heterocycles. The number of hydrogen-bond acceptors (Lipinski definition) is 4. The van der Waals surface area contributed by atoms with E-state index >= 15 is 0 Å². The van der Waals surface area contributed by atoms with Crippen LogP contribution in [-0.2, 0) is 22.4 Å². The SMILES string of the molecule is C[C@@H](NC(=O)COC(=O)c1cc2c(s1)CCC2)c1ccc(Cl)cc1. The van der Waals surface area contributed by atoms with Crippen molar-refractivity contribution >= 4 is 34.8 Å². The Kier molecular flexibility index (Phi) is 5.21. The zero-order chi connectivity index (χ0) is 17.1. The number of benzene rings is 1. The summed E-state index contributed by atoms with van der Waals surface area (Å²) in [4.78, 5) is 25.8. The van der Waals surface area contributed by atoms with Gasteiger partial charge >= 0.3 is 5.97 Å². The molecule has 6 heteroatoms. The van der Waals surface area contributed by atoms with E-state index in [9.17, 15) is 9.59 Å². The second-order valence-electron chi connectivity index (χ2n) is 5.83. The molecule has 0 radical (unpaired) electrons. The Labute approximate surface area is 149 Å². The summed E-state index contributed by atoms with van der Waals surface area (Å²) < 4.78 is 5.12. The minimum Gasteiger partial charge on any atom is -0.451 e. The third-order valence-corrected chi connectivity index (χ3v) is 5.50. The molecule has 0 saturated carbocycles. The third-order valence-electron chi connectivity index (χ3n) is 4.03. The van der Waals surface area contributed by atoms with Crippen LogP contribution in [0.2, 0.25) is 5.02 Å². The van der Waals surface area contributed by atoms with Gasteiger partial charge in [0.2, 0.25) is 0 Å². The lowest BCUT2D eigenvalue weighted by Crippen LogP contribution is -2.31. The van der Waals surface area contributed by atoms with Crippen molar-refractivity contribution in [1.82, 2.24) is 5.32 Å². The van der Waals surface area contributed by atoms with Gasteiger partial charge in [0, 0.05) is 9.90 Å². The van der Waals surface area contributed by atoms with Crippen LogP contribution in [0.3, 0.4) is 0 Å². The third kappa shape index (κ3) is 3.97. The summed E-state index contributed by atoms with van der Waals surface area (Å²) in [6, 6.07) is 8.97. The molecule has 0 spiro atoms. The predicted octanol–water partition coefficient (Wildman–Crippen LogP) is 3.92. The van der Waals surface area contributed by atoms with Crippen LogP contribution < -0.4 is 5.32 Å². The molecule has 4 nitrogen and oxygen atoms in total.